The van der Waals surface area contributed by atoms with Crippen LogP contribution in [-0.2, 0) is 4.79 Å². The first kappa shape index (κ1) is 24.6. The second-order valence-electron chi connectivity index (χ2n) is 6.06. The number of nitrogens with zero attached hydrogens (tertiary/aromatic N) is 3. The van der Waals surface area contributed by atoms with Gasteiger partial charge in [-0.05, 0) is 24.3 Å². The first-order valence-corrected chi connectivity index (χ1v) is 8.96. The Morgan fingerprint density at radius 1 is 1.14 bits per heavy atom. The fourth-order valence-electron chi connectivity index (χ4n) is 2.68. The van der Waals surface area contributed by atoms with Crippen LogP contribution in [0, 0.1) is 0 Å². The second-order valence-corrected chi connectivity index (χ2v) is 6.50. The summed E-state index contributed by atoms with van der Waals surface area (Å²) < 4.78 is 36.5. The van der Waals surface area contributed by atoms with Crippen molar-refractivity contribution in [3.63, 3.8) is 0 Å². The molecule has 1 aliphatic rings. The molecule has 1 aromatic carbocycles. The maximum absolute atomic E-state index is 12.3. The van der Waals surface area contributed by atoms with Gasteiger partial charge in [-0.15, -0.1) is 24.0 Å². The summed E-state index contributed by atoms with van der Waals surface area (Å²) >= 11 is 5.89. The predicted molar refractivity (Wildman–Crippen MR) is 116 cm³/mol. The molecule has 158 valence electrons. The van der Waals surface area contributed by atoms with Gasteiger partial charge in [0.05, 0.1) is 13.0 Å². The maximum Gasteiger partial charge on any atom is 0.390 e. The molecule has 1 aliphatic heterocycles. The van der Waals surface area contributed by atoms with Gasteiger partial charge < -0.3 is 20.4 Å². The smallest absolute Gasteiger partial charge is 0.368 e. The molecule has 1 aromatic rings. The number of alkyl halides is 3. The van der Waals surface area contributed by atoms with Crippen molar-refractivity contribution >= 4 is 53.1 Å². The van der Waals surface area contributed by atoms with Gasteiger partial charge in [0.1, 0.15) is 0 Å². The third kappa shape index (κ3) is 8.29. The molecule has 1 heterocycles. The lowest BCUT2D eigenvalue weighted by Gasteiger charge is -2.36. The van der Waals surface area contributed by atoms with Gasteiger partial charge in [0, 0.05) is 50.5 Å². The molecule has 1 amide bonds. The number of rotatable bonds is 5. The van der Waals surface area contributed by atoms with Crippen LogP contribution in [-0.4, -0.2) is 69.3 Å². The van der Waals surface area contributed by atoms with Crippen LogP contribution in [0.15, 0.2) is 29.3 Å². The van der Waals surface area contributed by atoms with Gasteiger partial charge in [-0.1, -0.05) is 11.6 Å². The zero-order chi connectivity index (χ0) is 19.9. The number of nitrogens with one attached hydrogen (secondary N) is 2. The average Bonchev–Trinajstić information content (AvgIpc) is 2.64. The third-order valence-electron chi connectivity index (χ3n) is 4.16. The minimum Gasteiger partial charge on any atom is -0.368 e. The number of halogens is 5. The van der Waals surface area contributed by atoms with E-state index in [4.69, 9.17) is 11.6 Å². The van der Waals surface area contributed by atoms with Crippen molar-refractivity contribution in [3.05, 3.63) is 29.3 Å². The number of carbonyl (C=O) groups excluding carboxylic acids is 1. The van der Waals surface area contributed by atoms with Gasteiger partial charge in [0.2, 0.25) is 5.91 Å². The topological polar surface area (TPSA) is 60.0 Å². The highest BCUT2D eigenvalue weighted by molar-refractivity contribution is 14.0. The number of piperazine rings is 1. The Balaban J connectivity index is 0.00000392. The van der Waals surface area contributed by atoms with E-state index in [1.807, 2.05) is 24.3 Å². The van der Waals surface area contributed by atoms with E-state index < -0.39 is 12.6 Å². The van der Waals surface area contributed by atoms with E-state index >= 15 is 0 Å². The lowest BCUT2D eigenvalue weighted by Crippen LogP contribution is -2.52. The highest BCUT2D eigenvalue weighted by atomic mass is 127. The van der Waals surface area contributed by atoms with E-state index in [1.165, 1.54) is 7.05 Å². The highest BCUT2D eigenvalue weighted by Crippen LogP contribution is 2.19. The molecule has 0 atom stereocenters. The molecule has 0 spiro atoms. The zero-order valence-corrected chi connectivity index (χ0v) is 18.5. The second kappa shape index (κ2) is 11.5. The Morgan fingerprint density at radius 3 is 2.29 bits per heavy atom. The molecule has 0 aliphatic carbocycles. The van der Waals surface area contributed by atoms with Crippen molar-refractivity contribution in [2.24, 2.45) is 4.99 Å². The molecular formula is C17H24ClF3IN5O. The maximum atomic E-state index is 12.3. The highest BCUT2D eigenvalue weighted by Gasteiger charge is 2.26. The minimum atomic E-state index is -4.23. The molecule has 6 nitrogen and oxygen atoms in total. The SMILES string of the molecule is CN=C(NCCC(F)(F)F)NCC(=O)N1CCN(c2ccc(Cl)cc2)CC1.I. The number of anilines is 1. The van der Waals surface area contributed by atoms with E-state index in [0.717, 1.165) is 5.69 Å². The van der Waals surface area contributed by atoms with Crippen LogP contribution in [0.4, 0.5) is 18.9 Å². The summed E-state index contributed by atoms with van der Waals surface area (Å²) in [5, 5.41) is 5.98. The average molecular weight is 534 g/mol. The molecular weight excluding hydrogens is 510 g/mol. The van der Waals surface area contributed by atoms with E-state index in [-0.39, 0.29) is 48.9 Å². The molecule has 0 radical (unpaired) electrons. The Morgan fingerprint density at radius 2 is 1.75 bits per heavy atom. The van der Waals surface area contributed by atoms with Crippen LogP contribution < -0.4 is 15.5 Å². The van der Waals surface area contributed by atoms with Gasteiger partial charge in [0.25, 0.3) is 0 Å². The number of aliphatic imine (C=N–C) groups is 1. The molecule has 0 bridgehead atoms. The number of guanidine groups is 1. The van der Waals surface area contributed by atoms with Gasteiger partial charge in [0.15, 0.2) is 5.96 Å². The monoisotopic (exact) mass is 533 g/mol. The molecule has 0 aromatic heterocycles. The van der Waals surface area contributed by atoms with E-state index in [0.29, 0.717) is 31.2 Å². The third-order valence-corrected chi connectivity index (χ3v) is 4.41. The van der Waals surface area contributed by atoms with Crippen LogP contribution in [0.2, 0.25) is 5.02 Å². The van der Waals surface area contributed by atoms with Crippen molar-refractivity contribution in [1.82, 2.24) is 15.5 Å². The van der Waals surface area contributed by atoms with Gasteiger partial charge in [-0.2, -0.15) is 13.2 Å². The van der Waals surface area contributed by atoms with Crippen LogP contribution in [0.3, 0.4) is 0 Å². The number of amides is 1. The first-order valence-electron chi connectivity index (χ1n) is 8.58. The Hall–Kier alpha value is -1.43. The minimum absolute atomic E-state index is 0. The van der Waals surface area contributed by atoms with Crippen LogP contribution in [0.25, 0.3) is 0 Å². The van der Waals surface area contributed by atoms with E-state index in [2.05, 4.69) is 20.5 Å². The predicted octanol–water partition coefficient (Wildman–Crippen LogP) is 2.72. The van der Waals surface area contributed by atoms with Crippen molar-refractivity contribution < 1.29 is 18.0 Å². The summed E-state index contributed by atoms with van der Waals surface area (Å²) in [4.78, 5) is 20.0. The Labute approximate surface area is 184 Å². The number of benzene rings is 1. The summed E-state index contributed by atoms with van der Waals surface area (Å²) in [5.74, 6) is 0.0527. The summed E-state index contributed by atoms with van der Waals surface area (Å²) in [5.41, 5.74) is 1.05. The summed E-state index contributed by atoms with van der Waals surface area (Å²) in [7, 11) is 1.44. The van der Waals surface area contributed by atoms with E-state index in [9.17, 15) is 18.0 Å². The van der Waals surface area contributed by atoms with Crippen molar-refractivity contribution in [3.8, 4) is 0 Å². The van der Waals surface area contributed by atoms with Crippen LogP contribution in [0.1, 0.15) is 6.42 Å². The molecule has 0 unspecified atom stereocenters. The first-order chi connectivity index (χ1) is 12.8. The largest absolute Gasteiger partial charge is 0.390 e. The fourth-order valence-corrected chi connectivity index (χ4v) is 2.81. The van der Waals surface area contributed by atoms with Gasteiger partial charge in [-0.3, -0.25) is 9.79 Å². The quantitative estimate of drug-likeness (QED) is 0.347. The molecule has 28 heavy (non-hydrogen) atoms. The van der Waals surface area contributed by atoms with Crippen LogP contribution in [0.5, 0.6) is 0 Å². The van der Waals surface area contributed by atoms with Crippen LogP contribution >= 0.6 is 35.6 Å². The normalized spacial score (nSPS) is 15.1. The lowest BCUT2D eigenvalue weighted by molar-refractivity contribution is -0.133. The van der Waals surface area contributed by atoms with Crippen molar-refractivity contribution in [1.29, 1.82) is 0 Å². The van der Waals surface area contributed by atoms with E-state index in [1.54, 1.807) is 4.90 Å². The molecule has 2 rings (SSSR count). The standard InChI is InChI=1S/C17H23ClF3N5O.HI/c1-22-16(23-7-6-17(19,20)21)24-12-15(27)26-10-8-25(9-11-26)14-4-2-13(18)3-5-14;/h2-5H,6-12H2,1H3,(H2,22,23,24);1H. The fraction of sp³-hybridized carbons (Fsp3) is 0.529. The lowest BCUT2D eigenvalue weighted by atomic mass is 10.2. The molecule has 11 heteroatoms. The molecule has 1 fully saturated rings. The van der Waals surface area contributed by atoms with Gasteiger partial charge >= 0.3 is 6.18 Å². The molecule has 0 saturated carbocycles. The number of hydrogen-bond acceptors (Lipinski definition) is 3. The zero-order valence-electron chi connectivity index (χ0n) is 15.4. The number of carbonyl (C=O) groups is 1. The number of hydrogen-bond donors (Lipinski definition) is 2. The Kier molecular flexibility index (Phi) is 10.1. The summed E-state index contributed by atoms with van der Waals surface area (Å²) in [6, 6.07) is 7.54. The Bertz CT molecular complexity index is 649. The van der Waals surface area contributed by atoms with Crippen molar-refractivity contribution in [2.75, 3.05) is 51.2 Å². The molecule has 2 N–H and O–H groups in total. The summed E-state index contributed by atoms with van der Waals surface area (Å²) in [6.07, 6.45) is -5.19. The summed E-state index contributed by atoms with van der Waals surface area (Å²) in [6.45, 7) is 2.23. The van der Waals surface area contributed by atoms with Gasteiger partial charge in [-0.25, -0.2) is 0 Å². The molecule has 1 saturated heterocycles. The van der Waals surface area contributed by atoms with Crippen molar-refractivity contribution in [2.45, 2.75) is 12.6 Å².